The van der Waals surface area contributed by atoms with Gasteiger partial charge >= 0.3 is 16.1 Å². The highest BCUT2D eigenvalue weighted by atomic mass is 32.2. The molecule has 192 valence electrons. The molecule has 0 saturated heterocycles. The van der Waals surface area contributed by atoms with E-state index >= 15 is 0 Å². The predicted octanol–water partition coefficient (Wildman–Crippen LogP) is 4.43. The maximum Gasteiger partial charge on any atom is 0.340 e. The lowest BCUT2D eigenvalue weighted by Crippen LogP contribution is -2.35. The highest BCUT2D eigenvalue weighted by molar-refractivity contribution is 7.87. The summed E-state index contributed by atoms with van der Waals surface area (Å²) in [6, 6.07) is 12.3. The molecule has 35 heavy (non-hydrogen) atoms. The third kappa shape index (κ3) is 8.99. The molecule has 0 radical (unpaired) electrons. The fourth-order valence-electron chi connectivity index (χ4n) is 3.28. The molecule has 0 aromatic heterocycles. The van der Waals surface area contributed by atoms with Gasteiger partial charge in [-0.15, -0.1) is 0 Å². The molecule has 0 aliphatic heterocycles. The Labute approximate surface area is 208 Å². The predicted molar refractivity (Wildman–Crippen MR) is 133 cm³/mol. The van der Waals surface area contributed by atoms with Gasteiger partial charge in [0.25, 0.3) is 0 Å². The summed E-state index contributed by atoms with van der Waals surface area (Å²) in [6.07, 6.45) is -0.0391. The van der Waals surface area contributed by atoms with Gasteiger partial charge in [0.2, 0.25) is 5.91 Å². The average Bonchev–Trinajstić information content (AvgIpc) is 2.75. The highest BCUT2D eigenvalue weighted by Gasteiger charge is 2.26. The molecular formula is C26H35NO7S. The van der Waals surface area contributed by atoms with Gasteiger partial charge in [-0.05, 0) is 49.1 Å². The van der Waals surface area contributed by atoms with E-state index in [-0.39, 0.29) is 34.1 Å². The van der Waals surface area contributed by atoms with Crippen molar-refractivity contribution >= 4 is 22.0 Å². The molecule has 0 spiro atoms. The van der Waals surface area contributed by atoms with Gasteiger partial charge in [0.05, 0.1) is 18.3 Å². The first-order chi connectivity index (χ1) is 16.3. The summed E-state index contributed by atoms with van der Waals surface area (Å²) in [5.41, 5.74) is 0.422. The second-order valence-corrected chi connectivity index (χ2v) is 11.2. The Morgan fingerprint density at radius 1 is 1.03 bits per heavy atom. The third-order valence-electron chi connectivity index (χ3n) is 4.80. The normalized spacial score (nSPS) is 11.9. The van der Waals surface area contributed by atoms with Crippen LogP contribution in [0.3, 0.4) is 0 Å². The van der Waals surface area contributed by atoms with E-state index in [0.29, 0.717) is 25.1 Å². The van der Waals surface area contributed by atoms with E-state index in [1.54, 1.807) is 50.1 Å². The summed E-state index contributed by atoms with van der Waals surface area (Å²) in [6.45, 7) is 10.4. The molecule has 0 saturated carbocycles. The van der Waals surface area contributed by atoms with Crippen molar-refractivity contribution in [3.8, 4) is 5.75 Å². The van der Waals surface area contributed by atoms with E-state index in [0.717, 1.165) is 0 Å². The molecule has 0 N–H and O–H groups in total. The van der Waals surface area contributed by atoms with Crippen LogP contribution in [0, 0.1) is 5.41 Å². The Kier molecular flexibility index (Phi) is 9.85. The van der Waals surface area contributed by atoms with Crippen LogP contribution in [0.5, 0.6) is 5.75 Å². The molecule has 2 aromatic rings. The molecule has 0 heterocycles. The van der Waals surface area contributed by atoms with Crippen LogP contribution < -0.4 is 4.18 Å². The largest absolute Gasteiger partial charge is 0.459 e. The van der Waals surface area contributed by atoms with Gasteiger partial charge in [-0.3, -0.25) is 4.79 Å². The second-order valence-electron chi connectivity index (χ2n) is 9.68. The van der Waals surface area contributed by atoms with Crippen molar-refractivity contribution in [2.45, 2.75) is 58.6 Å². The topological polar surface area (TPSA) is 99.2 Å². The van der Waals surface area contributed by atoms with Crippen LogP contribution in [0.25, 0.3) is 0 Å². The summed E-state index contributed by atoms with van der Waals surface area (Å²) < 4.78 is 41.8. The highest BCUT2D eigenvalue weighted by Crippen LogP contribution is 2.25. The lowest BCUT2D eigenvalue weighted by atomic mass is 9.91. The Hall–Kier alpha value is -2.91. The lowest BCUT2D eigenvalue weighted by molar-refractivity contribution is -0.134. The summed E-state index contributed by atoms with van der Waals surface area (Å²) in [5, 5.41) is 0. The first-order valence-electron chi connectivity index (χ1n) is 11.4. The number of esters is 1. The second kappa shape index (κ2) is 12.2. The molecule has 0 aliphatic rings. The lowest BCUT2D eigenvalue weighted by Gasteiger charge is -2.27. The van der Waals surface area contributed by atoms with Crippen molar-refractivity contribution < 1.29 is 31.7 Å². The maximum absolute atomic E-state index is 13.0. The summed E-state index contributed by atoms with van der Waals surface area (Å²) in [4.78, 5) is 26.7. The molecule has 0 fully saturated rings. The Morgan fingerprint density at radius 3 is 2.34 bits per heavy atom. The van der Waals surface area contributed by atoms with E-state index in [4.69, 9.17) is 13.7 Å². The zero-order valence-corrected chi connectivity index (χ0v) is 22.1. The fourth-order valence-corrected chi connectivity index (χ4v) is 4.39. The standard InChI is InChI=1S/C26H35NO7S/c1-19(2)33-25(29)22-12-7-8-13-23(22)35(30,31)34-21-11-9-10-20(16-21)18-27(14-15-32-6)24(28)17-26(3,4)5/h7-13,16,19H,14-15,17-18H2,1-6H3. The van der Waals surface area contributed by atoms with E-state index in [2.05, 4.69) is 0 Å². The van der Waals surface area contributed by atoms with Crippen molar-refractivity contribution in [3.05, 3.63) is 59.7 Å². The number of carbonyl (C=O) groups is 2. The minimum Gasteiger partial charge on any atom is -0.459 e. The van der Waals surface area contributed by atoms with Gasteiger partial charge in [0.1, 0.15) is 10.6 Å². The number of amides is 1. The summed E-state index contributed by atoms with van der Waals surface area (Å²) in [5.74, 6) is -0.696. The van der Waals surface area contributed by atoms with Crippen LogP contribution in [0.2, 0.25) is 0 Å². The van der Waals surface area contributed by atoms with Gasteiger partial charge in [-0.1, -0.05) is 45.0 Å². The first-order valence-corrected chi connectivity index (χ1v) is 12.8. The smallest absolute Gasteiger partial charge is 0.340 e. The number of benzene rings is 2. The molecule has 0 aliphatic carbocycles. The third-order valence-corrected chi connectivity index (χ3v) is 6.10. The molecule has 0 bridgehead atoms. The number of methoxy groups -OCH3 is 1. The number of hydrogen-bond donors (Lipinski definition) is 0. The molecule has 0 unspecified atom stereocenters. The number of carbonyl (C=O) groups excluding carboxylic acids is 2. The van der Waals surface area contributed by atoms with E-state index < -0.39 is 22.2 Å². The SMILES string of the molecule is COCCN(Cc1cccc(OS(=O)(=O)c2ccccc2C(=O)OC(C)C)c1)C(=O)CC(C)(C)C. The van der Waals surface area contributed by atoms with E-state index in [1.807, 2.05) is 20.8 Å². The van der Waals surface area contributed by atoms with Crippen molar-refractivity contribution in [3.63, 3.8) is 0 Å². The number of rotatable bonds is 11. The maximum atomic E-state index is 13.0. The van der Waals surface area contributed by atoms with Crippen LogP contribution >= 0.6 is 0 Å². The Balaban J connectivity index is 2.27. The van der Waals surface area contributed by atoms with Crippen LogP contribution in [0.4, 0.5) is 0 Å². The van der Waals surface area contributed by atoms with Gasteiger partial charge < -0.3 is 18.6 Å². The van der Waals surface area contributed by atoms with Crippen molar-refractivity contribution in [2.75, 3.05) is 20.3 Å². The Bertz CT molecular complexity index is 1120. The molecule has 8 nitrogen and oxygen atoms in total. The van der Waals surface area contributed by atoms with Gasteiger partial charge in [-0.25, -0.2) is 4.79 Å². The summed E-state index contributed by atoms with van der Waals surface area (Å²) in [7, 11) is -2.76. The minimum atomic E-state index is -4.33. The van der Waals surface area contributed by atoms with Crippen molar-refractivity contribution in [2.24, 2.45) is 5.41 Å². The van der Waals surface area contributed by atoms with Crippen molar-refractivity contribution in [1.29, 1.82) is 0 Å². The number of nitrogens with zero attached hydrogens (tertiary/aromatic N) is 1. The summed E-state index contributed by atoms with van der Waals surface area (Å²) >= 11 is 0. The monoisotopic (exact) mass is 505 g/mol. The fraction of sp³-hybridized carbons (Fsp3) is 0.462. The zero-order valence-electron chi connectivity index (χ0n) is 21.2. The van der Waals surface area contributed by atoms with Gasteiger partial charge in [0.15, 0.2) is 0 Å². The first kappa shape index (κ1) is 28.3. The van der Waals surface area contributed by atoms with Crippen LogP contribution in [0.15, 0.2) is 53.4 Å². The quantitative estimate of drug-likeness (QED) is 0.329. The van der Waals surface area contributed by atoms with Crippen LogP contribution in [-0.4, -0.2) is 51.6 Å². The Morgan fingerprint density at radius 2 is 1.71 bits per heavy atom. The van der Waals surface area contributed by atoms with Crippen LogP contribution in [-0.2, 0) is 30.9 Å². The molecule has 9 heteroatoms. The zero-order chi connectivity index (χ0) is 26.2. The minimum absolute atomic E-state index is 0.0221. The van der Waals surface area contributed by atoms with Gasteiger partial charge in [0, 0.05) is 26.6 Å². The molecule has 1 amide bonds. The average molecular weight is 506 g/mol. The van der Waals surface area contributed by atoms with Crippen molar-refractivity contribution in [1.82, 2.24) is 4.90 Å². The van der Waals surface area contributed by atoms with E-state index in [9.17, 15) is 18.0 Å². The van der Waals surface area contributed by atoms with E-state index in [1.165, 1.54) is 24.3 Å². The molecule has 2 aromatic carbocycles. The number of hydrogen-bond acceptors (Lipinski definition) is 7. The molecular weight excluding hydrogens is 470 g/mol. The van der Waals surface area contributed by atoms with Gasteiger partial charge in [-0.2, -0.15) is 8.42 Å². The number of ether oxygens (including phenoxy) is 2. The molecule has 0 atom stereocenters. The van der Waals surface area contributed by atoms with Crippen LogP contribution in [0.1, 0.15) is 57.0 Å². The molecule has 2 rings (SSSR count).